The number of hydrogen-bond acceptors (Lipinski definition) is 4. The van der Waals surface area contributed by atoms with Crippen LogP contribution in [0.4, 0.5) is 5.69 Å². The Balaban J connectivity index is 1.49. The molecule has 1 aromatic carbocycles. The fourth-order valence-corrected chi connectivity index (χ4v) is 2.61. The lowest BCUT2D eigenvalue weighted by Crippen LogP contribution is -2.48. The Morgan fingerprint density at radius 1 is 1.41 bits per heavy atom. The number of carbonyl (C=O) groups is 2. The number of nitrogens with zero attached hydrogens (tertiary/aromatic N) is 1. The molecule has 0 saturated carbocycles. The van der Waals surface area contributed by atoms with Gasteiger partial charge in [0.15, 0.2) is 6.61 Å². The van der Waals surface area contributed by atoms with E-state index in [4.69, 9.17) is 4.74 Å². The molecule has 2 aliphatic rings. The van der Waals surface area contributed by atoms with E-state index in [0.717, 1.165) is 31.7 Å². The molecular formula is C16H21N3O3. The van der Waals surface area contributed by atoms with Gasteiger partial charge in [-0.25, -0.2) is 0 Å². The SMILES string of the molecule is O=C(COc1cccc(N2CCCC2=O)c1)NCC1CNC1. The summed E-state index contributed by atoms with van der Waals surface area (Å²) in [5, 5.41) is 6.03. The molecule has 0 atom stereocenters. The summed E-state index contributed by atoms with van der Waals surface area (Å²) in [6.45, 7) is 3.37. The quantitative estimate of drug-likeness (QED) is 0.804. The molecule has 6 nitrogen and oxygen atoms in total. The molecule has 0 bridgehead atoms. The van der Waals surface area contributed by atoms with Gasteiger partial charge in [-0.1, -0.05) is 6.07 Å². The topological polar surface area (TPSA) is 70.7 Å². The van der Waals surface area contributed by atoms with Gasteiger partial charge in [-0.2, -0.15) is 0 Å². The predicted molar refractivity (Wildman–Crippen MR) is 82.9 cm³/mol. The second-order valence-corrected chi connectivity index (χ2v) is 5.76. The highest BCUT2D eigenvalue weighted by atomic mass is 16.5. The molecule has 0 unspecified atom stereocenters. The molecule has 0 radical (unpaired) electrons. The molecule has 2 amide bonds. The van der Waals surface area contributed by atoms with Gasteiger partial charge in [-0.15, -0.1) is 0 Å². The van der Waals surface area contributed by atoms with Crippen LogP contribution in [0.5, 0.6) is 5.75 Å². The first-order valence-electron chi connectivity index (χ1n) is 7.73. The summed E-state index contributed by atoms with van der Waals surface area (Å²) in [6, 6.07) is 7.34. The van der Waals surface area contributed by atoms with Crippen LogP contribution in [0, 0.1) is 5.92 Å². The van der Waals surface area contributed by atoms with Crippen molar-refractivity contribution >= 4 is 17.5 Å². The van der Waals surface area contributed by atoms with Crippen LogP contribution >= 0.6 is 0 Å². The third-order valence-electron chi connectivity index (χ3n) is 4.03. The lowest BCUT2D eigenvalue weighted by molar-refractivity contribution is -0.123. The van der Waals surface area contributed by atoms with Crippen LogP contribution in [0.3, 0.4) is 0 Å². The number of amides is 2. The van der Waals surface area contributed by atoms with E-state index in [1.54, 1.807) is 11.0 Å². The smallest absolute Gasteiger partial charge is 0.257 e. The number of anilines is 1. The van der Waals surface area contributed by atoms with Gasteiger partial charge in [0.2, 0.25) is 5.91 Å². The van der Waals surface area contributed by atoms with E-state index in [-0.39, 0.29) is 18.4 Å². The van der Waals surface area contributed by atoms with Crippen molar-refractivity contribution in [3.8, 4) is 5.75 Å². The molecule has 2 fully saturated rings. The Kier molecular flexibility index (Phi) is 4.58. The maximum atomic E-state index is 11.8. The van der Waals surface area contributed by atoms with Gasteiger partial charge in [0.1, 0.15) is 5.75 Å². The molecular weight excluding hydrogens is 282 g/mol. The summed E-state index contributed by atoms with van der Waals surface area (Å²) in [6.07, 6.45) is 1.49. The highest BCUT2D eigenvalue weighted by molar-refractivity contribution is 5.95. The van der Waals surface area contributed by atoms with Gasteiger partial charge >= 0.3 is 0 Å². The Morgan fingerprint density at radius 3 is 2.95 bits per heavy atom. The summed E-state index contributed by atoms with van der Waals surface area (Å²) in [4.78, 5) is 25.2. The summed E-state index contributed by atoms with van der Waals surface area (Å²) in [7, 11) is 0. The summed E-state index contributed by atoms with van der Waals surface area (Å²) >= 11 is 0. The molecule has 2 saturated heterocycles. The summed E-state index contributed by atoms with van der Waals surface area (Å²) < 4.78 is 5.52. The number of rotatable bonds is 6. The maximum Gasteiger partial charge on any atom is 0.257 e. The molecule has 3 rings (SSSR count). The minimum Gasteiger partial charge on any atom is -0.484 e. The number of carbonyl (C=O) groups excluding carboxylic acids is 2. The van der Waals surface area contributed by atoms with Crippen molar-refractivity contribution in [3.63, 3.8) is 0 Å². The lowest BCUT2D eigenvalue weighted by atomic mass is 10.0. The van der Waals surface area contributed by atoms with Gasteiger partial charge < -0.3 is 20.3 Å². The third kappa shape index (κ3) is 3.57. The molecule has 118 valence electrons. The normalized spacial score (nSPS) is 18.2. The predicted octanol–water partition coefficient (Wildman–Crippen LogP) is 0.528. The van der Waals surface area contributed by atoms with E-state index in [1.807, 2.05) is 18.2 Å². The molecule has 2 aliphatic heterocycles. The van der Waals surface area contributed by atoms with Crippen LogP contribution < -0.4 is 20.3 Å². The molecule has 2 N–H and O–H groups in total. The molecule has 2 heterocycles. The maximum absolute atomic E-state index is 11.8. The lowest BCUT2D eigenvalue weighted by Gasteiger charge is -2.27. The molecule has 1 aromatic rings. The molecule has 0 spiro atoms. The largest absolute Gasteiger partial charge is 0.484 e. The number of ether oxygens (including phenoxy) is 1. The van der Waals surface area contributed by atoms with Gasteiger partial charge in [0, 0.05) is 50.3 Å². The number of nitrogens with one attached hydrogen (secondary N) is 2. The average Bonchev–Trinajstić information content (AvgIpc) is 2.90. The zero-order valence-electron chi connectivity index (χ0n) is 12.5. The van der Waals surface area contributed by atoms with Crippen molar-refractivity contribution in [3.05, 3.63) is 24.3 Å². The Morgan fingerprint density at radius 2 is 2.27 bits per heavy atom. The van der Waals surface area contributed by atoms with Crippen molar-refractivity contribution in [2.24, 2.45) is 5.92 Å². The first kappa shape index (κ1) is 14.8. The zero-order chi connectivity index (χ0) is 15.4. The fraction of sp³-hybridized carbons (Fsp3) is 0.500. The van der Waals surface area contributed by atoms with Crippen LogP contribution in [0.1, 0.15) is 12.8 Å². The van der Waals surface area contributed by atoms with Gasteiger partial charge in [0.25, 0.3) is 5.91 Å². The summed E-state index contributed by atoms with van der Waals surface area (Å²) in [5.74, 6) is 1.17. The van der Waals surface area contributed by atoms with E-state index in [1.165, 1.54) is 0 Å². The van der Waals surface area contributed by atoms with E-state index in [2.05, 4.69) is 10.6 Å². The molecule has 0 aromatic heterocycles. The van der Waals surface area contributed by atoms with Gasteiger partial charge in [0.05, 0.1) is 0 Å². The van der Waals surface area contributed by atoms with E-state index in [0.29, 0.717) is 24.6 Å². The fourth-order valence-electron chi connectivity index (χ4n) is 2.61. The molecule has 6 heteroatoms. The Hall–Kier alpha value is -2.08. The molecule has 0 aliphatic carbocycles. The minimum atomic E-state index is -0.116. The standard InChI is InChI=1S/C16H21N3O3/c20-15(18-10-12-8-17-9-12)11-22-14-4-1-3-13(7-14)19-6-2-5-16(19)21/h1,3-4,7,12,17H,2,5-6,8-11H2,(H,18,20). The number of hydrogen-bond donors (Lipinski definition) is 2. The Bertz CT molecular complexity index is 557. The van der Waals surface area contributed by atoms with Crippen molar-refractivity contribution < 1.29 is 14.3 Å². The van der Waals surface area contributed by atoms with Gasteiger partial charge in [-0.05, 0) is 18.6 Å². The Labute approximate surface area is 129 Å². The van der Waals surface area contributed by atoms with E-state index in [9.17, 15) is 9.59 Å². The van der Waals surface area contributed by atoms with Crippen molar-refractivity contribution in [1.29, 1.82) is 0 Å². The van der Waals surface area contributed by atoms with Crippen molar-refractivity contribution in [2.45, 2.75) is 12.8 Å². The minimum absolute atomic E-state index is 0.00243. The monoisotopic (exact) mass is 303 g/mol. The van der Waals surface area contributed by atoms with Gasteiger partial charge in [-0.3, -0.25) is 9.59 Å². The average molecular weight is 303 g/mol. The first-order chi connectivity index (χ1) is 10.7. The zero-order valence-corrected chi connectivity index (χ0v) is 12.5. The van der Waals surface area contributed by atoms with E-state index < -0.39 is 0 Å². The van der Waals surface area contributed by atoms with Crippen molar-refractivity contribution in [2.75, 3.05) is 37.7 Å². The van der Waals surface area contributed by atoms with Crippen LogP contribution in [0.15, 0.2) is 24.3 Å². The number of benzene rings is 1. The highest BCUT2D eigenvalue weighted by Crippen LogP contribution is 2.25. The van der Waals surface area contributed by atoms with E-state index >= 15 is 0 Å². The summed E-state index contributed by atoms with van der Waals surface area (Å²) in [5.41, 5.74) is 0.834. The first-order valence-corrected chi connectivity index (χ1v) is 7.73. The van der Waals surface area contributed by atoms with Crippen LogP contribution in [-0.2, 0) is 9.59 Å². The third-order valence-corrected chi connectivity index (χ3v) is 4.03. The second kappa shape index (κ2) is 6.79. The highest BCUT2D eigenvalue weighted by Gasteiger charge is 2.22. The van der Waals surface area contributed by atoms with Crippen molar-refractivity contribution in [1.82, 2.24) is 10.6 Å². The second-order valence-electron chi connectivity index (χ2n) is 5.76. The van der Waals surface area contributed by atoms with Crippen LogP contribution in [-0.4, -0.2) is 44.6 Å². The molecule has 22 heavy (non-hydrogen) atoms. The van der Waals surface area contributed by atoms with Crippen LogP contribution in [0.2, 0.25) is 0 Å². The van der Waals surface area contributed by atoms with Crippen LogP contribution in [0.25, 0.3) is 0 Å².